The molecule has 1 rings (SSSR count). The Hall–Kier alpha value is -2.88. The topological polar surface area (TPSA) is 214 Å². The average Bonchev–Trinajstić information content (AvgIpc) is 3.02. The van der Waals surface area contributed by atoms with E-state index in [0.29, 0.717) is 17.3 Å². The summed E-state index contributed by atoms with van der Waals surface area (Å²) in [6, 6.07) is 0. The SMILES string of the molecule is CC/C=C/C(OC(N)=O)C(Br)C(O)CC(=O)C(O)C(O)C(C)/C(Br)=C/C=C/C=C(C)/C=C/C=C/C(=O)OC1CC(C(=O)O)CCC1O. The summed E-state index contributed by atoms with van der Waals surface area (Å²) >= 11 is 6.57. The molecular weight excluding hydrogens is 746 g/mol. The molecule has 1 saturated carbocycles. The molecule has 47 heavy (non-hydrogen) atoms. The smallest absolute Gasteiger partial charge is 0.405 e. The van der Waals surface area contributed by atoms with Gasteiger partial charge in [0.2, 0.25) is 0 Å². The van der Waals surface area contributed by atoms with Gasteiger partial charge in [0, 0.05) is 29.3 Å². The van der Waals surface area contributed by atoms with Gasteiger partial charge in [0.25, 0.3) is 0 Å². The Kier molecular flexibility index (Phi) is 19.6. The van der Waals surface area contributed by atoms with Crippen molar-refractivity contribution in [1.82, 2.24) is 0 Å². The van der Waals surface area contributed by atoms with E-state index in [-0.39, 0.29) is 12.8 Å². The lowest BCUT2D eigenvalue weighted by molar-refractivity contribution is -0.159. The minimum Gasteiger partial charge on any atom is -0.481 e. The van der Waals surface area contributed by atoms with Crippen LogP contribution in [0.4, 0.5) is 4.79 Å². The number of alkyl halides is 1. The minimum atomic E-state index is -1.79. The maximum atomic E-state index is 12.6. The number of aliphatic hydroxyl groups excluding tert-OH is 4. The lowest BCUT2D eigenvalue weighted by Gasteiger charge is -2.30. The van der Waals surface area contributed by atoms with Crippen molar-refractivity contribution >= 4 is 55.7 Å². The van der Waals surface area contributed by atoms with Gasteiger partial charge >= 0.3 is 18.0 Å². The first-order valence-corrected chi connectivity index (χ1v) is 16.8. The fraction of sp³-hybridized carbons (Fsp3) is 0.515. The quantitative estimate of drug-likeness (QED) is 0.0385. The van der Waals surface area contributed by atoms with Crippen molar-refractivity contribution in [2.24, 2.45) is 17.6 Å². The number of aliphatic hydroxyl groups is 4. The Labute approximate surface area is 291 Å². The Morgan fingerprint density at radius 1 is 1.02 bits per heavy atom. The van der Waals surface area contributed by atoms with Crippen LogP contribution in [0.5, 0.6) is 0 Å². The van der Waals surface area contributed by atoms with Crippen LogP contribution in [0.1, 0.15) is 52.9 Å². The summed E-state index contributed by atoms with van der Waals surface area (Å²) in [5, 5.41) is 50.8. The van der Waals surface area contributed by atoms with E-state index in [4.69, 9.17) is 20.3 Å². The van der Waals surface area contributed by atoms with Crippen LogP contribution in [0.3, 0.4) is 0 Å². The lowest BCUT2D eigenvalue weighted by Crippen LogP contribution is -2.43. The van der Waals surface area contributed by atoms with Gasteiger partial charge in [-0.15, -0.1) is 0 Å². The molecule has 14 heteroatoms. The van der Waals surface area contributed by atoms with E-state index in [1.807, 2.05) is 13.8 Å². The predicted octanol–water partition coefficient (Wildman–Crippen LogP) is 3.91. The predicted molar refractivity (Wildman–Crippen MR) is 182 cm³/mol. The van der Waals surface area contributed by atoms with E-state index in [0.717, 1.165) is 5.57 Å². The van der Waals surface area contributed by atoms with E-state index in [1.54, 1.807) is 49.5 Å². The number of Topliss-reactive ketones (excluding diaryl/α,β-unsaturated/α-hetero) is 1. The zero-order valence-electron chi connectivity index (χ0n) is 26.5. The van der Waals surface area contributed by atoms with E-state index in [2.05, 4.69) is 31.9 Å². The van der Waals surface area contributed by atoms with Crippen LogP contribution in [0.15, 0.2) is 70.8 Å². The zero-order valence-corrected chi connectivity index (χ0v) is 29.7. The second-order valence-electron chi connectivity index (χ2n) is 11.1. The number of hydrogen-bond acceptors (Lipinski definition) is 10. The number of carbonyl (C=O) groups is 4. The largest absolute Gasteiger partial charge is 0.481 e. The summed E-state index contributed by atoms with van der Waals surface area (Å²) in [5.74, 6) is -3.81. The van der Waals surface area contributed by atoms with Gasteiger partial charge in [-0.3, -0.25) is 9.59 Å². The molecule has 1 aliphatic rings. The summed E-state index contributed by atoms with van der Waals surface area (Å²) in [7, 11) is 0. The van der Waals surface area contributed by atoms with Crippen LogP contribution >= 0.6 is 31.9 Å². The van der Waals surface area contributed by atoms with Crippen LogP contribution in [0, 0.1) is 11.8 Å². The molecule has 0 aromatic rings. The maximum absolute atomic E-state index is 12.6. The highest BCUT2D eigenvalue weighted by atomic mass is 79.9. The molecule has 12 nitrogen and oxygen atoms in total. The number of carboxylic acids is 1. The third-order valence-electron chi connectivity index (χ3n) is 7.31. The normalized spacial score (nSPS) is 23.5. The summed E-state index contributed by atoms with van der Waals surface area (Å²) < 4.78 is 10.7. The number of esters is 1. The van der Waals surface area contributed by atoms with Gasteiger partial charge in [0.05, 0.1) is 29.1 Å². The second-order valence-corrected chi connectivity index (χ2v) is 13.1. The first-order valence-electron chi connectivity index (χ1n) is 15.1. The number of aliphatic carboxylic acids is 1. The standard InChI is InChI=1S/C33H45Br2NO11/c1-4-5-13-26(47-33(36)45)29(35)24(38)18-25(39)31(42)30(41)20(3)22(34)12-8-6-10-19(2)11-7-9-14-28(40)46-27-17-21(32(43)44)15-16-23(27)37/h5-14,20-21,23-24,26-27,29-31,37-38,41-42H,4,15-18H2,1-3H3,(H2,36,45)(H,43,44)/b8-6+,11-7+,13-5+,14-9+,19-10+,22-12-. The lowest BCUT2D eigenvalue weighted by atomic mass is 9.85. The molecule has 0 spiro atoms. The second kappa shape index (κ2) is 21.9. The van der Waals surface area contributed by atoms with Crippen LogP contribution in [-0.2, 0) is 23.9 Å². The third-order valence-corrected chi connectivity index (χ3v) is 9.43. The highest BCUT2D eigenvalue weighted by Crippen LogP contribution is 2.28. The fourth-order valence-corrected chi connectivity index (χ4v) is 5.35. The Morgan fingerprint density at radius 2 is 1.66 bits per heavy atom. The third kappa shape index (κ3) is 15.7. The Balaban J connectivity index is 2.66. The molecule has 1 fully saturated rings. The number of ketones is 1. The summed E-state index contributed by atoms with van der Waals surface area (Å²) in [4.78, 5) is 46.2. The summed E-state index contributed by atoms with van der Waals surface area (Å²) in [5.41, 5.74) is 5.91. The zero-order chi connectivity index (χ0) is 35.7. The van der Waals surface area contributed by atoms with E-state index in [1.165, 1.54) is 18.2 Å². The van der Waals surface area contributed by atoms with Crippen molar-refractivity contribution < 1.29 is 54.2 Å². The molecule has 0 bridgehead atoms. The average molecular weight is 792 g/mol. The van der Waals surface area contributed by atoms with Crippen molar-refractivity contribution in [2.45, 2.75) is 94.3 Å². The summed E-state index contributed by atoms with van der Waals surface area (Å²) in [6.07, 6.45) is 8.37. The molecule has 1 amide bonds. The van der Waals surface area contributed by atoms with Crippen LogP contribution in [0.25, 0.3) is 0 Å². The molecule has 0 radical (unpaired) electrons. The van der Waals surface area contributed by atoms with Crippen LogP contribution < -0.4 is 5.73 Å². The van der Waals surface area contributed by atoms with Crippen molar-refractivity contribution in [3.63, 3.8) is 0 Å². The monoisotopic (exact) mass is 789 g/mol. The van der Waals surface area contributed by atoms with Gasteiger partial charge in [-0.25, -0.2) is 9.59 Å². The molecule has 1 aliphatic carbocycles. The van der Waals surface area contributed by atoms with E-state index < -0.39 is 83.5 Å². The van der Waals surface area contributed by atoms with E-state index >= 15 is 0 Å². The number of carboxylic acid groups (broad SMARTS) is 1. The molecule has 0 heterocycles. The number of nitrogens with two attached hydrogens (primary N) is 1. The van der Waals surface area contributed by atoms with Crippen LogP contribution in [-0.4, -0.2) is 90.8 Å². The highest BCUT2D eigenvalue weighted by molar-refractivity contribution is 9.11. The van der Waals surface area contributed by atoms with Crippen LogP contribution in [0.2, 0.25) is 0 Å². The molecule has 262 valence electrons. The maximum Gasteiger partial charge on any atom is 0.405 e. The fourth-order valence-electron chi connectivity index (χ4n) is 4.46. The number of amides is 1. The molecule has 0 aromatic carbocycles. The Bertz CT molecular complexity index is 1240. The first-order chi connectivity index (χ1) is 22.1. The number of hydrogen-bond donors (Lipinski definition) is 6. The number of carbonyl (C=O) groups excluding carboxylic acids is 3. The molecular formula is C33H45Br2NO11. The van der Waals surface area contributed by atoms with Crippen molar-refractivity contribution in [1.29, 1.82) is 0 Å². The van der Waals surface area contributed by atoms with Gasteiger partial charge in [-0.2, -0.15) is 0 Å². The molecule has 0 saturated heterocycles. The van der Waals surface area contributed by atoms with Gasteiger partial charge in [-0.05, 0) is 32.3 Å². The van der Waals surface area contributed by atoms with Gasteiger partial charge in [0.15, 0.2) is 5.78 Å². The van der Waals surface area contributed by atoms with E-state index in [9.17, 15) is 39.6 Å². The molecule has 7 N–H and O–H groups in total. The van der Waals surface area contributed by atoms with Crippen molar-refractivity contribution in [3.05, 3.63) is 70.8 Å². The number of ether oxygens (including phenoxy) is 2. The van der Waals surface area contributed by atoms with Gasteiger partial charge in [0.1, 0.15) is 18.3 Å². The number of primary amides is 1. The summed E-state index contributed by atoms with van der Waals surface area (Å²) in [6.45, 7) is 5.28. The Morgan fingerprint density at radius 3 is 2.28 bits per heavy atom. The van der Waals surface area contributed by atoms with Gasteiger partial charge < -0.3 is 40.7 Å². The molecule has 9 unspecified atom stereocenters. The van der Waals surface area contributed by atoms with Crippen molar-refractivity contribution in [3.8, 4) is 0 Å². The first kappa shape index (κ1) is 42.1. The number of allylic oxidation sites excluding steroid dienone is 9. The minimum absolute atomic E-state index is 0.0672. The molecule has 0 aromatic heterocycles. The molecule has 9 atom stereocenters. The van der Waals surface area contributed by atoms with Gasteiger partial charge in [-0.1, -0.05) is 99.9 Å². The number of halogens is 2. The number of rotatable bonds is 18. The molecule has 0 aliphatic heterocycles. The highest BCUT2D eigenvalue weighted by Gasteiger charge is 2.36. The van der Waals surface area contributed by atoms with Crippen molar-refractivity contribution in [2.75, 3.05) is 0 Å².